The van der Waals surface area contributed by atoms with Gasteiger partial charge in [0.15, 0.2) is 0 Å². The maximum Gasteiger partial charge on any atom is 0.274 e. The van der Waals surface area contributed by atoms with Gasteiger partial charge in [-0.2, -0.15) is 0 Å². The minimum Gasteiger partial charge on any atom is -0.342 e. The van der Waals surface area contributed by atoms with E-state index < -0.39 is 0 Å². The predicted octanol–water partition coefficient (Wildman–Crippen LogP) is 0.749. The van der Waals surface area contributed by atoms with Crippen LogP contribution in [0.3, 0.4) is 0 Å². The topological polar surface area (TPSA) is 95.1 Å². The van der Waals surface area contributed by atoms with E-state index in [2.05, 4.69) is 24.8 Å². The zero-order chi connectivity index (χ0) is 17.2. The lowest BCUT2D eigenvalue weighted by atomic mass is 10.1. The first kappa shape index (κ1) is 15.7. The zero-order valence-electron chi connectivity index (χ0n) is 13.9. The third-order valence-electron chi connectivity index (χ3n) is 4.79. The molecule has 4 rings (SSSR count). The van der Waals surface area contributed by atoms with Crippen LogP contribution in [0.5, 0.6) is 0 Å². The number of nitrogens with zero attached hydrogens (tertiary/aromatic N) is 5. The molecule has 2 aliphatic rings. The summed E-state index contributed by atoms with van der Waals surface area (Å²) in [5, 5.41) is 0. The molecule has 8 nitrogen and oxygen atoms in total. The summed E-state index contributed by atoms with van der Waals surface area (Å²) in [5.74, 6) is 0.442. The average Bonchev–Trinajstić information content (AvgIpc) is 2.68. The van der Waals surface area contributed by atoms with Crippen molar-refractivity contribution >= 4 is 11.9 Å². The van der Waals surface area contributed by atoms with E-state index in [-0.39, 0.29) is 11.5 Å². The van der Waals surface area contributed by atoms with Gasteiger partial charge in [0.05, 0.1) is 18.4 Å². The number of fused-ring (bicyclic) bond motifs is 1. The molecule has 1 N–H and O–H groups in total. The molecule has 0 atom stereocenters. The molecule has 1 saturated heterocycles. The highest BCUT2D eigenvalue weighted by molar-refractivity contribution is 5.92. The third kappa shape index (κ3) is 3.11. The van der Waals surface area contributed by atoms with Gasteiger partial charge in [0.2, 0.25) is 5.95 Å². The molecule has 1 amide bonds. The Morgan fingerprint density at radius 1 is 1.12 bits per heavy atom. The van der Waals surface area contributed by atoms with Crippen LogP contribution < -0.4 is 10.5 Å². The SMILES string of the molecule is O=C(c1cnccn1)N1CCc2c(nc(N3CCCCC3)[nH]c2=O)C1. The van der Waals surface area contributed by atoms with Crippen LogP contribution in [0.4, 0.5) is 5.95 Å². The molecule has 2 aromatic heterocycles. The Hall–Kier alpha value is -2.77. The molecule has 25 heavy (non-hydrogen) atoms. The summed E-state index contributed by atoms with van der Waals surface area (Å²) in [4.78, 5) is 44.4. The number of anilines is 1. The Balaban J connectivity index is 1.60. The average molecular weight is 340 g/mol. The number of carbonyl (C=O) groups is 1. The quantitative estimate of drug-likeness (QED) is 0.867. The molecule has 1 fully saturated rings. The monoisotopic (exact) mass is 340 g/mol. The molecule has 8 heteroatoms. The number of nitrogens with one attached hydrogen (secondary N) is 1. The summed E-state index contributed by atoms with van der Waals surface area (Å²) in [6, 6.07) is 0. The van der Waals surface area contributed by atoms with Crippen molar-refractivity contribution in [3.05, 3.63) is 45.9 Å². The van der Waals surface area contributed by atoms with Crippen molar-refractivity contribution in [1.82, 2.24) is 24.8 Å². The summed E-state index contributed by atoms with van der Waals surface area (Å²) < 4.78 is 0. The Kier molecular flexibility index (Phi) is 4.17. The number of hydrogen-bond donors (Lipinski definition) is 1. The second-order valence-electron chi connectivity index (χ2n) is 6.43. The first-order chi connectivity index (χ1) is 12.2. The first-order valence-corrected chi connectivity index (χ1v) is 8.64. The number of piperidine rings is 1. The lowest BCUT2D eigenvalue weighted by Gasteiger charge is -2.30. The number of aromatic nitrogens is 4. The number of aromatic amines is 1. The molecule has 0 saturated carbocycles. The van der Waals surface area contributed by atoms with Gasteiger partial charge in [-0.1, -0.05) is 0 Å². The van der Waals surface area contributed by atoms with E-state index in [1.54, 1.807) is 4.90 Å². The summed E-state index contributed by atoms with van der Waals surface area (Å²) in [6.07, 6.45) is 8.44. The molecule has 0 unspecified atom stereocenters. The van der Waals surface area contributed by atoms with Gasteiger partial charge in [0.1, 0.15) is 5.69 Å². The molecular formula is C17H20N6O2. The number of carbonyl (C=O) groups excluding carboxylic acids is 1. The van der Waals surface area contributed by atoms with Crippen molar-refractivity contribution < 1.29 is 4.79 Å². The molecule has 2 aliphatic heterocycles. The van der Waals surface area contributed by atoms with Gasteiger partial charge in [0.25, 0.3) is 11.5 Å². The third-order valence-corrected chi connectivity index (χ3v) is 4.79. The van der Waals surface area contributed by atoms with E-state index in [9.17, 15) is 9.59 Å². The number of rotatable bonds is 2. The van der Waals surface area contributed by atoms with E-state index in [4.69, 9.17) is 0 Å². The van der Waals surface area contributed by atoms with E-state index in [0.717, 1.165) is 25.9 Å². The summed E-state index contributed by atoms with van der Waals surface area (Å²) in [5.41, 5.74) is 1.60. The van der Waals surface area contributed by atoms with Gasteiger partial charge in [-0.15, -0.1) is 0 Å². The summed E-state index contributed by atoms with van der Waals surface area (Å²) in [6.45, 7) is 2.62. The summed E-state index contributed by atoms with van der Waals surface area (Å²) in [7, 11) is 0. The molecule has 2 aromatic rings. The van der Waals surface area contributed by atoms with Crippen LogP contribution in [0.15, 0.2) is 23.4 Å². The fourth-order valence-corrected chi connectivity index (χ4v) is 3.43. The predicted molar refractivity (Wildman–Crippen MR) is 91.4 cm³/mol. The molecule has 0 aromatic carbocycles. The fraction of sp³-hybridized carbons (Fsp3) is 0.471. The van der Waals surface area contributed by atoms with Crippen LogP contribution in [0, 0.1) is 0 Å². The zero-order valence-corrected chi connectivity index (χ0v) is 13.9. The Bertz CT molecular complexity index is 829. The molecular weight excluding hydrogens is 320 g/mol. The van der Waals surface area contributed by atoms with Crippen LogP contribution in [0.1, 0.15) is 41.0 Å². The molecule has 0 radical (unpaired) electrons. The minimum absolute atomic E-state index is 0.0859. The van der Waals surface area contributed by atoms with Crippen LogP contribution >= 0.6 is 0 Å². The van der Waals surface area contributed by atoms with Gasteiger partial charge in [-0.05, 0) is 25.7 Å². The molecule has 0 bridgehead atoms. The van der Waals surface area contributed by atoms with Gasteiger partial charge in [-0.3, -0.25) is 19.6 Å². The van der Waals surface area contributed by atoms with Gasteiger partial charge in [0, 0.05) is 37.6 Å². The first-order valence-electron chi connectivity index (χ1n) is 8.64. The van der Waals surface area contributed by atoms with Crippen molar-refractivity contribution in [2.24, 2.45) is 0 Å². The minimum atomic E-state index is -0.180. The Morgan fingerprint density at radius 2 is 1.96 bits per heavy atom. The molecule has 0 spiro atoms. The second kappa shape index (κ2) is 6.62. The normalized spacial score (nSPS) is 17.3. The molecule has 130 valence electrons. The van der Waals surface area contributed by atoms with Crippen LogP contribution in [0.2, 0.25) is 0 Å². The number of H-pyrrole nitrogens is 1. The standard InChI is InChI=1S/C17H20N6O2/c24-15-12-4-9-23(16(25)13-10-18-5-6-19-13)11-14(12)20-17(21-15)22-7-2-1-3-8-22/h5-6,10H,1-4,7-9,11H2,(H,20,21,24). The highest BCUT2D eigenvalue weighted by Crippen LogP contribution is 2.20. The highest BCUT2D eigenvalue weighted by Gasteiger charge is 2.27. The Morgan fingerprint density at radius 3 is 2.72 bits per heavy atom. The lowest BCUT2D eigenvalue weighted by Crippen LogP contribution is -2.41. The Labute approximate surface area is 144 Å². The van der Waals surface area contributed by atoms with E-state index in [1.165, 1.54) is 25.0 Å². The van der Waals surface area contributed by atoms with Crippen molar-refractivity contribution in [3.8, 4) is 0 Å². The maximum atomic E-state index is 12.6. The summed E-state index contributed by atoms with van der Waals surface area (Å²) >= 11 is 0. The van der Waals surface area contributed by atoms with Crippen molar-refractivity contribution in [1.29, 1.82) is 0 Å². The van der Waals surface area contributed by atoms with E-state index in [0.29, 0.717) is 42.4 Å². The lowest BCUT2D eigenvalue weighted by molar-refractivity contribution is 0.0725. The van der Waals surface area contributed by atoms with E-state index in [1.807, 2.05) is 0 Å². The molecule has 4 heterocycles. The van der Waals surface area contributed by atoms with Crippen LogP contribution in [0.25, 0.3) is 0 Å². The largest absolute Gasteiger partial charge is 0.342 e. The molecule has 0 aliphatic carbocycles. The number of hydrogen-bond acceptors (Lipinski definition) is 6. The smallest absolute Gasteiger partial charge is 0.274 e. The van der Waals surface area contributed by atoms with Crippen LogP contribution in [-0.4, -0.2) is 50.4 Å². The fourth-order valence-electron chi connectivity index (χ4n) is 3.43. The van der Waals surface area contributed by atoms with Gasteiger partial charge >= 0.3 is 0 Å². The van der Waals surface area contributed by atoms with Gasteiger partial charge < -0.3 is 9.80 Å². The van der Waals surface area contributed by atoms with Crippen LogP contribution in [-0.2, 0) is 13.0 Å². The maximum absolute atomic E-state index is 12.6. The highest BCUT2D eigenvalue weighted by atomic mass is 16.2. The van der Waals surface area contributed by atoms with E-state index >= 15 is 0 Å². The second-order valence-corrected chi connectivity index (χ2v) is 6.43. The van der Waals surface area contributed by atoms with Crippen molar-refractivity contribution in [3.63, 3.8) is 0 Å². The van der Waals surface area contributed by atoms with Crippen molar-refractivity contribution in [2.45, 2.75) is 32.2 Å². The van der Waals surface area contributed by atoms with Crippen molar-refractivity contribution in [2.75, 3.05) is 24.5 Å². The van der Waals surface area contributed by atoms with Gasteiger partial charge in [-0.25, -0.2) is 9.97 Å². The number of amides is 1.